The third-order valence-electron chi connectivity index (χ3n) is 2.59. The van der Waals surface area contributed by atoms with Crippen LogP contribution in [0.4, 0.5) is 11.6 Å². The number of nitro groups is 1. The van der Waals surface area contributed by atoms with Crippen LogP contribution < -0.4 is 10.1 Å². The van der Waals surface area contributed by atoms with E-state index in [9.17, 15) is 10.1 Å². The number of pyridine rings is 1. The summed E-state index contributed by atoms with van der Waals surface area (Å²) in [5.41, 5.74) is 1.13. The lowest BCUT2D eigenvalue weighted by Crippen LogP contribution is -2.05. The average molecular weight is 289 g/mol. The number of rotatable bonds is 6. The molecule has 0 fully saturated rings. The summed E-state index contributed by atoms with van der Waals surface area (Å²) in [6.07, 6.45) is 3.15. The number of hydrogen-bond acceptors (Lipinski definition) is 7. The summed E-state index contributed by atoms with van der Waals surface area (Å²) in [6, 6.07) is 3.18. The number of anilines is 1. The van der Waals surface area contributed by atoms with Gasteiger partial charge in [0.05, 0.1) is 18.1 Å². The van der Waals surface area contributed by atoms with Crippen LogP contribution >= 0.6 is 0 Å². The lowest BCUT2D eigenvalue weighted by molar-refractivity contribution is -0.390. The first kappa shape index (κ1) is 14.6. The van der Waals surface area contributed by atoms with E-state index in [1.807, 2.05) is 6.92 Å². The second-order valence-corrected chi connectivity index (χ2v) is 4.24. The summed E-state index contributed by atoms with van der Waals surface area (Å²) >= 11 is 0. The number of nitrogens with zero attached hydrogens (tertiary/aromatic N) is 4. The Kier molecular flexibility index (Phi) is 4.60. The summed E-state index contributed by atoms with van der Waals surface area (Å²) in [5, 5.41) is 14.0. The fraction of sp³-hybridized carbons (Fsp3) is 0.308. The zero-order valence-corrected chi connectivity index (χ0v) is 11.7. The van der Waals surface area contributed by atoms with E-state index in [0.717, 1.165) is 6.54 Å². The fourth-order valence-electron chi connectivity index (χ4n) is 1.63. The molecule has 0 unspecified atom stereocenters. The van der Waals surface area contributed by atoms with Crippen molar-refractivity contribution in [1.29, 1.82) is 0 Å². The van der Waals surface area contributed by atoms with Crippen LogP contribution in [0.15, 0.2) is 24.5 Å². The number of nitrogens with one attached hydrogen (secondary N) is 1. The van der Waals surface area contributed by atoms with Gasteiger partial charge < -0.3 is 20.2 Å². The topological polar surface area (TPSA) is 103 Å². The second-order valence-electron chi connectivity index (χ2n) is 4.24. The third-order valence-corrected chi connectivity index (χ3v) is 2.59. The van der Waals surface area contributed by atoms with E-state index in [-0.39, 0.29) is 18.2 Å². The SMILES string of the molecule is CCNc1cnc(COc2ccc(C)nc2[N+](=O)[O-])cn1. The summed E-state index contributed by atoms with van der Waals surface area (Å²) in [4.78, 5) is 22.5. The van der Waals surface area contributed by atoms with Crippen LogP contribution in [0.25, 0.3) is 0 Å². The van der Waals surface area contributed by atoms with Gasteiger partial charge in [0.25, 0.3) is 0 Å². The number of ether oxygens (including phenoxy) is 1. The molecule has 1 N–H and O–H groups in total. The molecule has 0 amide bonds. The molecule has 2 aromatic heterocycles. The van der Waals surface area contributed by atoms with Crippen molar-refractivity contribution in [3.8, 4) is 5.75 Å². The molecule has 0 radical (unpaired) electrons. The Balaban J connectivity index is 2.07. The molecular weight excluding hydrogens is 274 g/mol. The van der Waals surface area contributed by atoms with Crippen LogP contribution in [0.2, 0.25) is 0 Å². The normalized spacial score (nSPS) is 10.2. The van der Waals surface area contributed by atoms with Crippen LogP contribution in [0, 0.1) is 17.0 Å². The first-order valence-electron chi connectivity index (χ1n) is 6.39. The molecule has 2 rings (SSSR count). The number of aromatic nitrogens is 3. The molecule has 110 valence electrons. The Hall–Kier alpha value is -2.77. The predicted molar refractivity (Wildman–Crippen MR) is 76.2 cm³/mol. The second kappa shape index (κ2) is 6.60. The van der Waals surface area contributed by atoms with Crippen molar-refractivity contribution in [2.45, 2.75) is 20.5 Å². The van der Waals surface area contributed by atoms with Crippen LogP contribution in [0.1, 0.15) is 18.3 Å². The zero-order valence-electron chi connectivity index (χ0n) is 11.7. The van der Waals surface area contributed by atoms with Gasteiger partial charge in [0.1, 0.15) is 18.1 Å². The summed E-state index contributed by atoms with van der Waals surface area (Å²) < 4.78 is 5.41. The van der Waals surface area contributed by atoms with Crippen molar-refractivity contribution in [3.63, 3.8) is 0 Å². The van der Waals surface area contributed by atoms with E-state index in [0.29, 0.717) is 17.2 Å². The zero-order chi connectivity index (χ0) is 15.2. The molecule has 0 aromatic carbocycles. The molecule has 8 nitrogen and oxygen atoms in total. The summed E-state index contributed by atoms with van der Waals surface area (Å²) in [7, 11) is 0. The number of aryl methyl sites for hydroxylation is 1. The monoisotopic (exact) mass is 289 g/mol. The maximum absolute atomic E-state index is 10.9. The van der Waals surface area contributed by atoms with Crippen LogP contribution in [0.3, 0.4) is 0 Å². The van der Waals surface area contributed by atoms with Gasteiger partial charge in [-0.1, -0.05) is 0 Å². The third kappa shape index (κ3) is 3.85. The first-order chi connectivity index (χ1) is 10.1. The standard InChI is InChI=1S/C13H15N5O3/c1-3-14-12-7-15-10(6-16-12)8-21-11-5-4-9(2)17-13(11)18(19)20/h4-7H,3,8H2,1-2H3,(H,14,16). The molecule has 0 aliphatic rings. The highest BCUT2D eigenvalue weighted by Crippen LogP contribution is 2.25. The molecule has 0 atom stereocenters. The van der Waals surface area contributed by atoms with E-state index in [1.54, 1.807) is 25.4 Å². The van der Waals surface area contributed by atoms with E-state index in [4.69, 9.17) is 4.74 Å². The van der Waals surface area contributed by atoms with Gasteiger partial charge in [-0.25, -0.2) is 4.98 Å². The van der Waals surface area contributed by atoms with Crippen molar-refractivity contribution in [2.24, 2.45) is 0 Å². The van der Waals surface area contributed by atoms with Crippen molar-refractivity contribution in [1.82, 2.24) is 15.0 Å². The van der Waals surface area contributed by atoms with E-state index < -0.39 is 4.92 Å². The minimum absolute atomic E-state index is 0.0883. The Bertz CT molecular complexity index is 630. The maximum Gasteiger partial charge on any atom is 0.406 e. The van der Waals surface area contributed by atoms with E-state index in [2.05, 4.69) is 20.3 Å². The van der Waals surface area contributed by atoms with E-state index in [1.165, 1.54) is 6.07 Å². The highest BCUT2D eigenvalue weighted by Gasteiger charge is 2.17. The Morgan fingerprint density at radius 1 is 1.33 bits per heavy atom. The van der Waals surface area contributed by atoms with Crippen molar-refractivity contribution in [3.05, 3.63) is 46.0 Å². The van der Waals surface area contributed by atoms with Crippen molar-refractivity contribution < 1.29 is 9.66 Å². The van der Waals surface area contributed by atoms with Crippen molar-refractivity contribution in [2.75, 3.05) is 11.9 Å². The summed E-state index contributed by atoms with van der Waals surface area (Å²) in [5.74, 6) is 0.486. The van der Waals surface area contributed by atoms with Gasteiger partial charge in [0.2, 0.25) is 5.75 Å². The Morgan fingerprint density at radius 2 is 2.14 bits per heavy atom. The molecule has 8 heteroatoms. The van der Waals surface area contributed by atoms with Gasteiger partial charge in [-0.05, 0) is 29.0 Å². The minimum Gasteiger partial charge on any atom is -0.479 e. The highest BCUT2D eigenvalue weighted by molar-refractivity contribution is 5.40. The van der Waals surface area contributed by atoms with Gasteiger partial charge in [-0.3, -0.25) is 4.98 Å². The largest absolute Gasteiger partial charge is 0.479 e. The molecule has 21 heavy (non-hydrogen) atoms. The fourth-order valence-corrected chi connectivity index (χ4v) is 1.63. The molecule has 0 saturated heterocycles. The summed E-state index contributed by atoms with van der Waals surface area (Å²) in [6.45, 7) is 4.49. The Labute approximate surface area is 121 Å². The Morgan fingerprint density at radius 3 is 2.76 bits per heavy atom. The first-order valence-corrected chi connectivity index (χ1v) is 6.39. The maximum atomic E-state index is 10.9. The van der Waals surface area contributed by atoms with Gasteiger partial charge in [-0.15, -0.1) is 0 Å². The molecule has 2 heterocycles. The van der Waals surface area contributed by atoms with Crippen LogP contribution in [-0.2, 0) is 6.61 Å². The lowest BCUT2D eigenvalue weighted by atomic mass is 10.3. The van der Waals surface area contributed by atoms with Gasteiger partial charge in [-0.2, -0.15) is 0 Å². The van der Waals surface area contributed by atoms with Gasteiger partial charge in [0, 0.05) is 13.5 Å². The minimum atomic E-state index is -0.567. The van der Waals surface area contributed by atoms with E-state index >= 15 is 0 Å². The highest BCUT2D eigenvalue weighted by atomic mass is 16.6. The van der Waals surface area contributed by atoms with Gasteiger partial charge >= 0.3 is 5.82 Å². The number of hydrogen-bond donors (Lipinski definition) is 1. The smallest absolute Gasteiger partial charge is 0.406 e. The lowest BCUT2D eigenvalue weighted by Gasteiger charge is -2.07. The average Bonchev–Trinajstić information content (AvgIpc) is 2.47. The molecular formula is C13H15N5O3. The van der Waals surface area contributed by atoms with Gasteiger partial charge in [0.15, 0.2) is 0 Å². The quantitative estimate of drug-likeness (QED) is 0.641. The van der Waals surface area contributed by atoms with Crippen LogP contribution in [-0.4, -0.2) is 26.4 Å². The predicted octanol–water partition coefficient (Wildman–Crippen LogP) is 2.10. The molecule has 0 bridgehead atoms. The van der Waals surface area contributed by atoms with Crippen molar-refractivity contribution >= 4 is 11.6 Å². The molecule has 0 saturated carbocycles. The molecule has 0 aliphatic carbocycles. The molecule has 0 spiro atoms. The molecule has 2 aromatic rings. The van der Waals surface area contributed by atoms with Crippen LogP contribution in [0.5, 0.6) is 5.75 Å². The molecule has 0 aliphatic heterocycles.